The molecule has 2 heterocycles. The third kappa shape index (κ3) is 3.11. The molecular weight excluding hydrogens is 284 g/mol. The van der Waals surface area contributed by atoms with Crippen LogP contribution in [-0.2, 0) is 5.75 Å². The van der Waals surface area contributed by atoms with E-state index in [1.165, 1.54) is 0 Å². The van der Waals surface area contributed by atoms with E-state index >= 15 is 0 Å². The lowest BCUT2D eigenvalue weighted by molar-refractivity contribution is 0.171. The summed E-state index contributed by atoms with van der Waals surface area (Å²) in [6.07, 6.45) is 3.24. The van der Waals surface area contributed by atoms with Gasteiger partial charge >= 0.3 is 0 Å². The predicted octanol–water partition coefficient (Wildman–Crippen LogP) is 3.19. The number of hydrogen-bond acceptors (Lipinski definition) is 5. The van der Waals surface area contributed by atoms with Crippen molar-refractivity contribution in [1.82, 2.24) is 9.97 Å². The van der Waals surface area contributed by atoms with Crippen molar-refractivity contribution in [3.63, 3.8) is 0 Å². The normalized spacial score (nSPS) is 13.3. The predicted molar refractivity (Wildman–Crippen MR) is 74.0 cm³/mol. The average Bonchev–Trinajstić information content (AvgIpc) is 2.46. The van der Waals surface area contributed by atoms with Gasteiger partial charge in [-0.3, -0.25) is 4.98 Å². The molecule has 1 aliphatic rings. The van der Waals surface area contributed by atoms with Gasteiger partial charge in [0.05, 0.1) is 18.1 Å². The summed E-state index contributed by atoms with van der Waals surface area (Å²) >= 11 is 7.37. The molecule has 2 aromatic rings. The van der Waals surface area contributed by atoms with Gasteiger partial charge in [-0.25, -0.2) is 4.98 Å². The van der Waals surface area contributed by atoms with Crippen LogP contribution in [0.3, 0.4) is 0 Å². The molecule has 0 spiro atoms. The van der Waals surface area contributed by atoms with Crippen LogP contribution in [0.15, 0.2) is 35.5 Å². The van der Waals surface area contributed by atoms with E-state index in [1.54, 1.807) is 24.2 Å². The fourth-order valence-corrected chi connectivity index (χ4v) is 2.60. The Morgan fingerprint density at radius 3 is 2.74 bits per heavy atom. The lowest BCUT2D eigenvalue weighted by atomic mass is 10.3. The van der Waals surface area contributed by atoms with E-state index in [0.717, 1.165) is 27.8 Å². The first-order valence-electron chi connectivity index (χ1n) is 5.80. The monoisotopic (exact) mass is 294 g/mol. The van der Waals surface area contributed by atoms with Crippen LogP contribution in [0.5, 0.6) is 11.5 Å². The molecule has 0 N–H and O–H groups in total. The van der Waals surface area contributed by atoms with Gasteiger partial charge in [-0.15, -0.1) is 11.8 Å². The zero-order valence-electron chi connectivity index (χ0n) is 10.0. The van der Waals surface area contributed by atoms with Crippen molar-refractivity contribution in [2.45, 2.75) is 10.6 Å². The molecule has 0 aliphatic carbocycles. The van der Waals surface area contributed by atoms with Gasteiger partial charge in [-0.05, 0) is 18.2 Å². The number of rotatable bonds is 3. The molecule has 1 aliphatic heterocycles. The van der Waals surface area contributed by atoms with E-state index in [4.69, 9.17) is 21.1 Å². The summed E-state index contributed by atoms with van der Waals surface area (Å²) < 4.78 is 11.0. The smallest absolute Gasteiger partial charge is 0.162 e. The third-order valence-electron chi connectivity index (χ3n) is 2.57. The second-order valence-electron chi connectivity index (χ2n) is 3.92. The largest absolute Gasteiger partial charge is 0.486 e. The summed E-state index contributed by atoms with van der Waals surface area (Å²) in [4.78, 5) is 9.33. The zero-order valence-corrected chi connectivity index (χ0v) is 11.6. The zero-order chi connectivity index (χ0) is 13.1. The molecule has 1 aromatic heterocycles. The molecule has 0 unspecified atom stereocenters. The molecule has 0 radical (unpaired) electrons. The molecule has 0 fully saturated rings. The molecule has 0 atom stereocenters. The lowest BCUT2D eigenvalue weighted by Gasteiger charge is -2.18. The van der Waals surface area contributed by atoms with Crippen LogP contribution in [0.2, 0.25) is 5.15 Å². The quantitative estimate of drug-likeness (QED) is 0.814. The minimum atomic E-state index is 0.410. The number of fused-ring (bicyclic) bond motifs is 1. The van der Waals surface area contributed by atoms with Crippen molar-refractivity contribution in [2.24, 2.45) is 0 Å². The highest BCUT2D eigenvalue weighted by Gasteiger charge is 2.11. The van der Waals surface area contributed by atoms with E-state index in [-0.39, 0.29) is 0 Å². The molecule has 4 nitrogen and oxygen atoms in total. The second kappa shape index (κ2) is 5.67. The van der Waals surface area contributed by atoms with Crippen molar-refractivity contribution < 1.29 is 9.47 Å². The Bertz CT molecular complexity index is 577. The maximum atomic E-state index is 5.70. The minimum absolute atomic E-state index is 0.410. The Balaban J connectivity index is 1.68. The van der Waals surface area contributed by atoms with Crippen LogP contribution in [-0.4, -0.2) is 23.2 Å². The Kier molecular flexibility index (Phi) is 3.75. The minimum Gasteiger partial charge on any atom is -0.486 e. The summed E-state index contributed by atoms with van der Waals surface area (Å²) in [6.45, 7) is 1.21. The average molecular weight is 295 g/mol. The van der Waals surface area contributed by atoms with Gasteiger partial charge in [0.2, 0.25) is 0 Å². The number of nitrogens with zero attached hydrogens (tertiary/aromatic N) is 2. The molecule has 98 valence electrons. The highest BCUT2D eigenvalue weighted by molar-refractivity contribution is 7.98. The topological polar surface area (TPSA) is 44.2 Å². The van der Waals surface area contributed by atoms with Gasteiger partial charge in [0.25, 0.3) is 0 Å². The summed E-state index contributed by atoms with van der Waals surface area (Å²) in [6, 6.07) is 5.94. The van der Waals surface area contributed by atoms with Crippen LogP contribution in [0.25, 0.3) is 0 Å². The summed E-state index contributed by atoms with van der Waals surface area (Å²) in [5, 5.41) is 0.410. The standard InChI is InChI=1S/C13H11ClN2O2S/c14-13-7-15-9(6-16-13)8-19-10-1-2-11-12(5-10)18-4-3-17-11/h1-2,5-7H,3-4,8H2. The molecule has 0 amide bonds. The van der Waals surface area contributed by atoms with Crippen molar-refractivity contribution in [3.8, 4) is 11.5 Å². The highest BCUT2D eigenvalue weighted by atomic mass is 35.5. The SMILES string of the molecule is Clc1cnc(CSc2ccc3c(c2)OCCO3)cn1. The number of aromatic nitrogens is 2. The maximum absolute atomic E-state index is 5.70. The van der Waals surface area contributed by atoms with Crippen molar-refractivity contribution in [3.05, 3.63) is 41.4 Å². The Hall–Kier alpha value is -1.46. The molecule has 6 heteroatoms. The van der Waals surface area contributed by atoms with Gasteiger partial charge < -0.3 is 9.47 Å². The van der Waals surface area contributed by atoms with E-state index in [2.05, 4.69) is 9.97 Å². The molecule has 3 rings (SSSR count). The van der Waals surface area contributed by atoms with Crippen molar-refractivity contribution in [1.29, 1.82) is 0 Å². The van der Waals surface area contributed by atoms with E-state index in [0.29, 0.717) is 18.4 Å². The Morgan fingerprint density at radius 1 is 1.11 bits per heavy atom. The highest BCUT2D eigenvalue weighted by Crippen LogP contribution is 2.34. The van der Waals surface area contributed by atoms with Gasteiger partial charge in [0.1, 0.15) is 18.4 Å². The number of ether oxygens (including phenoxy) is 2. The molecule has 1 aromatic carbocycles. The van der Waals surface area contributed by atoms with Crippen LogP contribution in [0.1, 0.15) is 5.69 Å². The summed E-state index contributed by atoms with van der Waals surface area (Å²) in [5.74, 6) is 2.35. The summed E-state index contributed by atoms with van der Waals surface area (Å²) in [5.41, 5.74) is 0.893. The van der Waals surface area contributed by atoms with Crippen LogP contribution < -0.4 is 9.47 Å². The van der Waals surface area contributed by atoms with Gasteiger partial charge in [0, 0.05) is 10.6 Å². The number of thioether (sulfide) groups is 1. The summed E-state index contributed by atoms with van der Waals surface area (Å²) in [7, 11) is 0. The number of hydrogen-bond donors (Lipinski definition) is 0. The van der Waals surface area contributed by atoms with Crippen molar-refractivity contribution >= 4 is 23.4 Å². The Labute approximate surface area is 120 Å². The van der Waals surface area contributed by atoms with Crippen molar-refractivity contribution in [2.75, 3.05) is 13.2 Å². The van der Waals surface area contributed by atoms with E-state index in [1.807, 2.05) is 18.2 Å². The first kappa shape index (κ1) is 12.6. The maximum Gasteiger partial charge on any atom is 0.162 e. The molecule has 0 saturated carbocycles. The van der Waals surface area contributed by atoms with E-state index < -0.39 is 0 Å². The fraction of sp³-hybridized carbons (Fsp3) is 0.231. The number of benzene rings is 1. The number of halogens is 1. The first-order chi connectivity index (χ1) is 9.31. The van der Waals surface area contributed by atoms with Crippen LogP contribution in [0.4, 0.5) is 0 Å². The Morgan fingerprint density at radius 2 is 1.95 bits per heavy atom. The fourth-order valence-electron chi connectivity index (χ4n) is 1.68. The second-order valence-corrected chi connectivity index (χ2v) is 5.36. The molecule has 0 saturated heterocycles. The van der Waals surface area contributed by atoms with Crippen LogP contribution in [0, 0.1) is 0 Å². The molecular formula is C13H11ClN2O2S. The van der Waals surface area contributed by atoms with Gasteiger partial charge in [-0.1, -0.05) is 11.6 Å². The lowest BCUT2D eigenvalue weighted by Crippen LogP contribution is -2.15. The molecule has 0 bridgehead atoms. The van der Waals surface area contributed by atoms with E-state index in [9.17, 15) is 0 Å². The van der Waals surface area contributed by atoms with Gasteiger partial charge in [-0.2, -0.15) is 0 Å². The first-order valence-corrected chi connectivity index (χ1v) is 7.16. The van der Waals surface area contributed by atoms with Crippen LogP contribution >= 0.6 is 23.4 Å². The third-order valence-corrected chi connectivity index (χ3v) is 3.80. The molecule has 19 heavy (non-hydrogen) atoms. The van der Waals surface area contributed by atoms with Gasteiger partial charge in [0.15, 0.2) is 11.5 Å².